The zero-order valence-corrected chi connectivity index (χ0v) is 10.9. The largest absolute Gasteiger partial charge is 0.478 e. The van der Waals surface area contributed by atoms with Gasteiger partial charge in [-0.3, -0.25) is 0 Å². The summed E-state index contributed by atoms with van der Waals surface area (Å²) < 4.78 is 0. The number of hydrogen-bond acceptors (Lipinski definition) is 1. The van der Waals surface area contributed by atoms with Gasteiger partial charge in [0.1, 0.15) is 0 Å². The lowest BCUT2D eigenvalue weighted by atomic mass is 9.83. The Morgan fingerprint density at radius 1 is 1.17 bits per heavy atom. The van der Waals surface area contributed by atoms with Crippen LogP contribution in [-0.2, 0) is 4.79 Å². The first-order valence-corrected chi connectivity index (χ1v) is 6.72. The van der Waals surface area contributed by atoms with E-state index in [-0.39, 0.29) is 0 Å². The van der Waals surface area contributed by atoms with E-state index in [0.29, 0.717) is 11.5 Å². The molecule has 0 bridgehead atoms. The van der Waals surface area contributed by atoms with E-state index in [9.17, 15) is 4.79 Å². The average Bonchev–Trinajstić information content (AvgIpc) is 2.41. The fourth-order valence-corrected chi connectivity index (χ4v) is 2.78. The highest BCUT2D eigenvalue weighted by atomic mass is 16.4. The van der Waals surface area contributed by atoms with Crippen LogP contribution in [-0.4, -0.2) is 11.1 Å². The second-order valence-corrected chi connectivity index (χ2v) is 4.96. The topological polar surface area (TPSA) is 37.3 Å². The molecule has 0 unspecified atom stereocenters. The van der Waals surface area contributed by atoms with Crippen molar-refractivity contribution in [2.45, 2.75) is 44.9 Å². The molecule has 0 saturated heterocycles. The van der Waals surface area contributed by atoms with Crippen LogP contribution < -0.4 is 0 Å². The standard InChI is InChI=1S/C16H20O2/c1-2-15(16(17)18)14-10-8-13(9-11-14)12-6-4-3-5-7-12/h2,8-12H,3-7H2,1H3,(H,17,18). The Hall–Kier alpha value is -1.57. The van der Waals surface area contributed by atoms with Gasteiger partial charge < -0.3 is 5.11 Å². The molecular formula is C16H20O2. The monoisotopic (exact) mass is 244 g/mol. The third-order valence-corrected chi connectivity index (χ3v) is 3.82. The minimum absolute atomic E-state index is 0.380. The van der Waals surface area contributed by atoms with Crippen LogP contribution >= 0.6 is 0 Å². The maximum Gasteiger partial charge on any atom is 0.335 e. The van der Waals surface area contributed by atoms with Gasteiger partial charge in [-0.2, -0.15) is 0 Å². The molecule has 0 atom stereocenters. The lowest BCUT2D eigenvalue weighted by Crippen LogP contribution is -2.05. The summed E-state index contributed by atoms with van der Waals surface area (Å²) in [5.74, 6) is -0.186. The average molecular weight is 244 g/mol. The van der Waals surface area contributed by atoms with E-state index in [1.54, 1.807) is 13.0 Å². The zero-order chi connectivity index (χ0) is 13.0. The molecule has 0 aromatic heterocycles. The van der Waals surface area contributed by atoms with Crippen molar-refractivity contribution in [2.24, 2.45) is 0 Å². The second-order valence-electron chi connectivity index (χ2n) is 4.96. The predicted octanol–water partition coefficient (Wildman–Crippen LogP) is 4.22. The molecule has 18 heavy (non-hydrogen) atoms. The fourth-order valence-electron chi connectivity index (χ4n) is 2.78. The fraction of sp³-hybridized carbons (Fsp3) is 0.438. The SMILES string of the molecule is CC=C(C(=O)O)c1ccc(C2CCCCC2)cc1. The molecule has 1 aromatic carbocycles. The summed E-state index contributed by atoms with van der Waals surface area (Å²) >= 11 is 0. The Bertz CT molecular complexity index is 437. The number of benzene rings is 1. The van der Waals surface area contributed by atoms with Gasteiger partial charge in [0, 0.05) is 0 Å². The minimum atomic E-state index is -0.858. The van der Waals surface area contributed by atoms with E-state index in [2.05, 4.69) is 12.1 Å². The maximum atomic E-state index is 11.0. The van der Waals surface area contributed by atoms with Crippen LogP contribution in [0.2, 0.25) is 0 Å². The minimum Gasteiger partial charge on any atom is -0.478 e. The Morgan fingerprint density at radius 3 is 2.28 bits per heavy atom. The van der Waals surface area contributed by atoms with Crippen molar-refractivity contribution in [3.63, 3.8) is 0 Å². The van der Waals surface area contributed by atoms with Crippen molar-refractivity contribution < 1.29 is 9.90 Å². The van der Waals surface area contributed by atoms with E-state index in [4.69, 9.17) is 5.11 Å². The highest BCUT2D eigenvalue weighted by molar-refractivity contribution is 6.15. The first-order valence-electron chi connectivity index (χ1n) is 6.72. The van der Waals surface area contributed by atoms with Gasteiger partial charge in [-0.15, -0.1) is 0 Å². The molecule has 0 amide bonds. The van der Waals surface area contributed by atoms with Crippen LogP contribution in [0.4, 0.5) is 0 Å². The van der Waals surface area contributed by atoms with Gasteiger partial charge in [0.2, 0.25) is 0 Å². The van der Waals surface area contributed by atoms with Gasteiger partial charge in [-0.05, 0) is 36.8 Å². The van der Waals surface area contributed by atoms with Crippen molar-refractivity contribution in [1.82, 2.24) is 0 Å². The number of aliphatic carboxylic acids is 1. The Balaban J connectivity index is 2.16. The molecule has 1 aliphatic carbocycles. The van der Waals surface area contributed by atoms with Gasteiger partial charge in [0.15, 0.2) is 0 Å². The summed E-state index contributed by atoms with van der Waals surface area (Å²) in [6.07, 6.45) is 8.20. The molecule has 0 heterocycles. The smallest absolute Gasteiger partial charge is 0.335 e. The third-order valence-electron chi connectivity index (χ3n) is 3.82. The van der Waals surface area contributed by atoms with Crippen LogP contribution in [0.5, 0.6) is 0 Å². The number of rotatable bonds is 3. The summed E-state index contributed by atoms with van der Waals surface area (Å²) in [5, 5.41) is 9.08. The summed E-state index contributed by atoms with van der Waals surface area (Å²) in [6, 6.07) is 8.07. The number of carboxylic acid groups (broad SMARTS) is 1. The number of allylic oxidation sites excluding steroid dienone is 1. The quantitative estimate of drug-likeness (QED) is 0.808. The van der Waals surface area contributed by atoms with Gasteiger partial charge in [-0.25, -0.2) is 4.79 Å². The zero-order valence-electron chi connectivity index (χ0n) is 10.9. The summed E-state index contributed by atoms with van der Waals surface area (Å²) in [5.41, 5.74) is 2.54. The van der Waals surface area contributed by atoms with Gasteiger partial charge in [-0.1, -0.05) is 49.6 Å². The van der Waals surface area contributed by atoms with Gasteiger partial charge >= 0.3 is 5.97 Å². The molecular weight excluding hydrogens is 224 g/mol. The number of carbonyl (C=O) groups is 1. The molecule has 96 valence electrons. The molecule has 1 aliphatic rings. The molecule has 1 fully saturated rings. The van der Waals surface area contributed by atoms with Crippen LogP contribution in [0.15, 0.2) is 30.3 Å². The first-order chi connectivity index (χ1) is 8.72. The summed E-state index contributed by atoms with van der Waals surface area (Å²) in [7, 11) is 0. The normalized spacial score (nSPS) is 17.7. The Kier molecular flexibility index (Phi) is 4.19. The maximum absolute atomic E-state index is 11.0. The summed E-state index contributed by atoms with van der Waals surface area (Å²) in [6.45, 7) is 1.76. The molecule has 2 heteroatoms. The van der Waals surface area contributed by atoms with Crippen LogP contribution in [0, 0.1) is 0 Å². The van der Waals surface area contributed by atoms with Crippen molar-refractivity contribution in [1.29, 1.82) is 0 Å². The molecule has 1 saturated carbocycles. The lowest BCUT2D eigenvalue weighted by molar-refractivity contribution is -0.130. The van der Waals surface area contributed by atoms with E-state index in [0.717, 1.165) is 5.56 Å². The van der Waals surface area contributed by atoms with Crippen molar-refractivity contribution in [3.05, 3.63) is 41.5 Å². The third kappa shape index (κ3) is 2.81. The van der Waals surface area contributed by atoms with Crippen LogP contribution in [0.3, 0.4) is 0 Å². The van der Waals surface area contributed by atoms with Crippen molar-refractivity contribution in [3.8, 4) is 0 Å². The molecule has 2 rings (SSSR count). The van der Waals surface area contributed by atoms with Crippen LogP contribution in [0.1, 0.15) is 56.1 Å². The predicted molar refractivity (Wildman–Crippen MR) is 73.6 cm³/mol. The molecule has 2 nitrogen and oxygen atoms in total. The Labute approximate surface area is 108 Å². The van der Waals surface area contributed by atoms with E-state index >= 15 is 0 Å². The molecule has 0 spiro atoms. The Morgan fingerprint density at radius 2 is 1.78 bits per heavy atom. The first kappa shape index (κ1) is 12.9. The van der Waals surface area contributed by atoms with Crippen molar-refractivity contribution >= 4 is 11.5 Å². The summed E-state index contributed by atoms with van der Waals surface area (Å²) in [4.78, 5) is 11.0. The van der Waals surface area contributed by atoms with Crippen LogP contribution in [0.25, 0.3) is 5.57 Å². The van der Waals surface area contributed by atoms with E-state index in [1.807, 2.05) is 12.1 Å². The highest BCUT2D eigenvalue weighted by Gasteiger charge is 2.16. The number of hydrogen-bond donors (Lipinski definition) is 1. The van der Waals surface area contributed by atoms with Crippen molar-refractivity contribution in [2.75, 3.05) is 0 Å². The number of carboxylic acids is 1. The van der Waals surface area contributed by atoms with Gasteiger partial charge in [0.25, 0.3) is 0 Å². The van der Waals surface area contributed by atoms with E-state index in [1.165, 1.54) is 37.7 Å². The van der Waals surface area contributed by atoms with E-state index < -0.39 is 5.97 Å². The highest BCUT2D eigenvalue weighted by Crippen LogP contribution is 2.33. The molecule has 0 aliphatic heterocycles. The van der Waals surface area contributed by atoms with Gasteiger partial charge in [0.05, 0.1) is 5.57 Å². The molecule has 0 radical (unpaired) electrons. The lowest BCUT2D eigenvalue weighted by Gasteiger charge is -2.22. The molecule has 1 aromatic rings. The second kappa shape index (κ2) is 5.85. The molecule has 1 N–H and O–H groups in total.